The molecule has 26 heavy (non-hydrogen) atoms. The molecule has 0 saturated heterocycles. The lowest BCUT2D eigenvalue weighted by Crippen LogP contribution is -2.42. The molecule has 0 atom stereocenters. The van der Waals surface area contributed by atoms with Crippen LogP contribution in [0.1, 0.15) is 63.2 Å². The lowest BCUT2D eigenvalue weighted by atomic mass is 9.94. The van der Waals surface area contributed by atoms with E-state index in [2.05, 4.69) is 10.6 Å². The number of nitrogens with zero attached hydrogens (tertiary/aromatic N) is 1. The van der Waals surface area contributed by atoms with Gasteiger partial charge in [-0.2, -0.15) is 0 Å². The molecule has 2 amide bonds. The summed E-state index contributed by atoms with van der Waals surface area (Å²) in [6.45, 7) is 5.46. The second kappa shape index (κ2) is 8.62. The first-order chi connectivity index (χ1) is 12.2. The van der Waals surface area contributed by atoms with Crippen molar-refractivity contribution in [2.24, 2.45) is 5.41 Å². The first-order valence-corrected chi connectivity index (χ1v) is 9.59. The maximum absolute atomic E-state index is 13.0. The number of nitrogens with one attached hydrogen (secondary N) is 2. The van der Waals surface area contributed by atoms with E-state index in [-0.39, 0.29) is 23.0 Å². The van der Waals surface area contributed by atoms with Gasteiger partial charge >= 0.3 is 0 Å². The fourth-order valence-corrected chi connectivity index (χ4v) is 3.25. The van der Waals surface area contributed by atoms with Gasteiger partial charge in [0.15, 0.2) is 5.11 Å². The van der Waals surface area contributed by atoms with E-state index >= 15 is 0 Å². The average Bonchev–Trinajstić information content (AvgIpc) is 2.60. The zero-order valence-corrected chi connectivity index (χ0v) is 16.9. The summed E-state index contributed by atoms with van der Waals surface area (Å²) in [5.74, 6) is -0.192. The lowest BCUT2D eigenvalue weighted by Gasteiger charge is -2.31. The van der Waals surface area contributed by atoms with E-state index in [0.29, 0.717) is 11.3 Å². The Balaban J connectivity index is 2.10. The Hall–Kier alpha value is -1.95. The third-order valence-corrected chi connectivity index (χ3v) is 4.96. The molecule has 0 radical (unpaired) electrons. The highest BCUT2D eigenvalue weighted by atomic mass is 32.1. The third-order valence-electron chi connectivity index (χ3n) is 4.76. The summed E-state index contributed by atoms with van der Waals surface area (Å²) in [6, 6.07) is 7.56. The van der Waals surface area contributed by atoms with Crippen LogP contribution in [0.15, 0.2) is 24.3 Å². The molecule has 142 valence electrons. The molecular formula is C20H29N3O2S. The van der Waals surface area contributed by atoms with E-state index in [4.69, 9.17) is 12.2 Å². The van der Waals surface area contributed by atoms with Crippen LogP contribution in [0.25, 0.3) is 0 Å². The van der Waals surface area contributed by atoms with Crippen molar-refractivity contribution in [1.29, 1.82) is 0 Å². The van der Waals surface area contributed by atoms with Gasteiger partial charge in [0, 0.05) is 18.5 Å². The van der Waals surface area contributed by atoms with E-state index in [1.54, 1.807) is 12.1 Å². The molecule has 0 bridgehead atoms. The van der Waals surface area contributed by atoms with Crippen LogP contribution in [-0.4, -0.2) is 34.9 Å². The van der Waals surface area contributed by atoms with Crippen molar-refractivity contribution in [3.05, 3.63) is 29.8 Å². The molecule has 1 aliphatic rings. The Bertz CT molecular complexity index is 676. The van der Waals surface area contributed by atoms with E-state index in [1.165, 1.54) is 19.3 Å². The standard InChI is InChI=1S/C20H29N3O2S/c1-20(2,3)18(25)22-19(26)21-16-13-9-8-12-15(16)17(24)23(4)14-10-6-5-7-11-14/h8-9,12-14H,5-7,10-11H2,1-4H3,(H2,21,22,25,26). The molecular weight excluding hydrogens is 346 g/mol. The number of thiocarbonyl (C=S) groups is 1. The van der Waals surface area contributed by atoms with Crippen LogP contribution < -0.4 is 10.6 Å². The zero-order valence-electron chi connectivity index (χ0n) is 16.1. The van der Waals surface area contributed by atoms with Crippen molar-refractivity contribution >= 4 is 34.8 Å². The summed E-state index contributed by atoms with van der Waals surface area (Å²) in [6.07, 6.45) is 5.70. The Morgan fingerprint density at radius 3 is 2.35 bits per heavy atom. The molecule has 2 N–H and O–H groups in total. The van der Waals surface area contributed by atoms with Crippen LogP contribution in [0.4, 0.5) is 5.69 Å². The van der Waals surface area contributed by atoms with E-state index in [9.17, 15) is 9.59 Å². The normalized spacial score (nSPS) is 15.2. The highest BCUT2D eigenvalue weighted by Crippen LogP contribution is 2.25. The summed E-state index contributed by atoms with van der Waals surface area (Å²) in [7, 11) is 1.87. The van der Waals surface area contributed by atoms with Crippen LogP contribution in [0, 0.1) is 5.41 Å². The van der Waals surface area contributed by atoms with E-state index in [1.807, 2.05) is 44.9 Å². The number of para-hydroxylation sites is 1. The number of rotatable bonds is 3. The Kier molecular flexibility index (Phi) is 6.75. The number of carbonyl (C=O) groups excluding carboxylic acids is 2. The fourth-order valence-electron chi connectivity index (χ4n) is 3.05. The molecule has 1 aliphatic carbocycles. The summed E-state index contributed by atoms with van der Waals surface area (Å²) in [5.41, 5.74) is 0.634. The van der Waals surface area contributed by atoms with Crippen LogP contribution in [0.5, 0.6) is 0 Å². The van der Waals surface area contributed by atoms with Gasteiger partial charge in [-0.1, -0.05) is 52.2 Å². The molecule has 1 fully saturated rings. The Labute approximate surface area is 161 Å². The number of hydrogen-bond donors (Lipinski definition) is 2. The predicted octanol–water partition coefficient (Wildman–Crippen LogP) is 3.95. The average molecular weight is 376 g/mol. The van der Waals surface area contributed by atoms with Gasteiger partial charge < -0.3 is 15.5 Å². The zero-order chi connectivity index (χ0) is 19.3. The minimum atomic E-state index is -0.539. The molecule has 0 unspecified atom stereocenters. The minimum absolute atomic E-state index is 0.0232. The number of benzene rings is 1. The second-order valence-corrected chi connectivity index (χ2v) is 8.32. The first-order valence-electron chi connectivity index (χ1n) is 9.19. The molecule has 0 heterocycles. The van der Waals surface area contributed by atoms with E-state index < -0.39 is 5.41 Å². The third kappa shape index (κ3) is 5.27. The van der Waals surface area contributed by atoms with Crippen molar-refractivity contribution in [1.82, 2.24) is 10.2 Å². The minimum Gasteiger partial charge on any atom is -0.339 e. The maximum atomic E-state index is 13.0. The highest BCUT2D eigenvalue weighted by molar-refractivity contribution is 7.80. The largest absolute Gasteiger partial charge is 0.339 e. The van der Waals surface area contributed by atoms with Crippen LogP contribution in [0.3, 0.4) is 0 Å². The van der Waals surface area contributed by atoms with Crippen molar-refractivity contribution in [3.63, 3.8) is 0 Å². The fraction of sp³-hybridized carbons (Fsp3) is 0.550. The number of hydrogen-bond acceptors (Lipinski definition) is 3. The number of carbonyl (C=O) groups is 2. The molecule has 6 heteroatoms. The monoisotopic (exact) mass is 375 g/mol. The van der Waals surface area contributed by atoms with Gasteiger partial charge in [0.05, 0.1) is 11.3 Å². The molecule has 1 aromatic carbocycles. The van der Waals surface area contributed by atoms with Crippen LogP contribution in [-0.2, 0) is 4.79 Å². The Morgan fingerprint density at radius 2 is 1.73 bits per heavy atom. The van der Waals surface area contributed by atoms with Crippen LogP contribution in [0.2, 0.25) is 0 Å². The summed E-state index contributed by atoms with van der Waals surface area (Å²) in [5, 5.41) is 5.89. The number of amides is 2. The van der Waals surface area contributed by atoms with Gasteiger partial charge in [-0.3, -0.25) is 9.59 Å². The Morgan fingerprint density at radius 1 is 1.12 bits per heavy atom. The predicted molar refractivity (Wildman–Crippen MR) is 109 cm³/mol. The molecule has 2 rings (SSSR count). The first kappa shape index (κ1) is 20.4. The second-order valence-electron chi connectivity index (χ2n) is 7.91. The molecule has 0 aromatic heterocycles. The van der Waals surface area contributed by atoms with Gasteiger partial charge in [0.1, 0.15) is 0 Å². The smallest absolute Gasteiger partial charge is 0.255 e. The highest BCUT2D eigenvalue weighted by Gasteiger charge is 2.25. The van der Waals surface area contributed by atoms with Gasteiger partial charge in [-0.25, -0.2) is 0 Å². The quantitative estimate of drug-likeness (QED) is 0.785. The van der Waals surface area contributed by atoms with Crippen LogP contribution >= 0.6 is 12.2 Å². The molecule has 0 aliphatic heterocycles. The maximum Gasteiger partial charge on any atom is 0.255 e. The summed E-state index contributed by atoms with van der Waals surface area (Å²) in [4.78, 5) is 26.9. The molecule has 5 nitrogen and oxygen atoms in total. The molecule has 1 aromatic rings. The molecule has 1 saturated carbocycles. The number of anilines is 1. The SMILES string of the molecule is CN(C(=O)c1ccccc1NC(=S)NC(=O)C(C)(C)C)C1CCCCC1. The molecule has 0 spiro atoms. The topological polar surface area (TPSA) is 61.4 Å². The summed E-state index contributed by atoms with van der Waals surface area (Å²) >= 11 is 5.25. The summed E-state index contributed by atoms with van der Waals surface area (Å²) < 4.78 is 0. The van der Waals surface area contributed by atoms with Crippen molar-refractivity contribution in [3.8, 4) is 0 Å². The van der Waals surface area contributed by atoms with Gasteiger partial charge in [-0.05, 0) is 37.2 Å². The van der Waals surface area contributed by atoms with Crippen molar-refractivity contribution in [2.75, 3.05) is 12.4 Å². The van der Waals surface area contributed by atoms with Gasteiger partial charge in [0.2, 0.25) is 5.91 Å². The van der Waals surface area contributed by atoms with E-state index in [0.717, 1.165) is 12.8 Å². The lowest BCUT2D eigenvalue weighted by molar-refractivity contribution is -0.126. The van der Waals surface area contributed by atoms with Crippen molar-refractivity contribution in [2.45, 2.75) is 58.9 Å². The van der Waals surface area contributed by atoms with Crippen molar-refractivity contribution < 1.29 is 9.59 Å². The van der Waals surface area contributed by atoms with Gasteiger partial charge in [0.25, 0.3) is 5.91 Å². The van der Waals surface area contributed by atoms with Gasteiger partial charge in [-0.15, -0.1) is 0 Å².